The summed E-state index contributed by atoms with van der Waals surface area (Å²) in [6.07, 6.45) is 1.80. The summed E-state index contributed by atoms with van der Waals surface area (Å²) in [5, 5.41) is 4.68. The van der Waals surface area contributed by atoms with Crippen LogP contribution in [0, 0.1) is 6.57 Å². The molecule has 0 bridgehead atoms. The van der Waals surface area contributed by atoms with Gasteiger partial charge in [0, 0.05) is 25.8 Å². The molecule has 0 amide bonds. The molecule has 0 atom stereocenters. The number of benzene rings is 1. The van der Waals surface area contributed by atoms with Crippen molar-refractivity contribution in [1.82, 2.24) is 19.7 Å². The molecule has 1 aliphatic rings. The zero-order valence-corrected chi connectivity index (χ0v) is 13.3. The highest BCUT2D eigenvalue weighted by Gasteiger charge is 2.19. The summed E-state index contributed by atoms with van der Waals surface area (Å²) >= 11 is 0. The highest BCUT2D eigenvalue weighted by Crippen LogP contribution is 2.22. The van der Waals surface area contributed by atoms with Crippen LogP contribution in [-0.4, -0.2) is 26.2 Å². The van der Waals surface area contributed by atoms with Crippen molar-refractivity contribution < 1.29 is 0 Å². The molecule has 5 heteroatoms. The van der Waals surface area contributed by atoms with Gasteiger partial charge in [-0.15, -0.1) is 0 Å². The molecule has 0 saturated carbocycles. The first-order chi connectivity index (χ1) is 11.8. The van der Waals surface area contributed by atoms with Crippen molar-refractivity contribution >= 4 is 5.69 Å². The fraction of sp³-hybridized carbons (Fsp3) is 0.211. The molecule has 2 aromatic heterocycles. The normalized spacial score (nSPS) is 14.1. The maximum Gasteiger partial charge on any atom is 0.187 e. The third kappa shape index (κ3) is 2.92. The lowest BCUT2D eigenvalue weighted by Crippen LogP contribution is -2.33. The van der Waals surface area contributed by atoms with E-state index in [0.717, 1.165) is 37.6 Å². The van der Waals surface area contributed by atoms with Crippen molar-refractivity contribution in [2.45, 2.75) is 19.6 Å². The molecular formula is C19H17N5. The second-order valence-electron chi connectivity index (χ2n) is 5.95. The highest BCUT2D eigenvalue weighted by atomic mass is 15.3. The van der Waals surface area contributed by atoms with Gasteiger partial charge in [-0.25, -0.2) is 4.85 Å². The predicted molar refractivity (Wildman–Crippen MR) is 92.3 cm³/mol. The van der Waals surface area contributed by atoms with Gasteiger partial charge in [-0.05, 0) is 23.8 Å². The Kier molecular flexibility index (Phi) is 3.81. The molecule has 1 aliphatic heterocycles. The largest absolute Gasteiger partial charge is 0.291 e. The van der Waals surface area contributed by atoms with Gasteiger partial charge in [0.2, 0.25) is 0 Å². The van der Waals surface area contributed by atoms with Crippen LogP contribution in [0.5, 0.6) is 0 Å². The molecule has 0 radical (unpaired) electrons. The SMILES string of the molecule is [C-]#[N+]c1ccc(CN2CCn3nc(-c4ccccn4)cc3C2)cc1. The van der Waals surface area contributed by atoms with Crippen molar-refractivity contribution in [2.24, 2.45) is 0 Å². The molecule has 118 valence electrons. The van der Waals surface area contributed by atoms with E-state index in [9.17, 15) is 0 Å². The number of hydrogen-bond acceptors (Lipinski definition) is 3. The van der Waals surface area contributed by atoms with E-state index in [2.05, 4.69) is 30.6 Å². The van der Waals surface area contributed by atoms with Gasteiger partial charge in [0.25, 0.3) is 0 Å². The molecule has 0 saturated heterocycles. The number of hydrogen-bond donors (Lipinski definition) is 0. The molecule has 5 nitrogen and oxygen atoms in total. The van der Waals surface area contributed by atoms with E-state index in [1.807, 2.05) is 42.5 Å². The molecule has 4 rings (SSSR count). The van der Waals surface area contributed by atoms with Crippen LogP contribution < -0.4 is 0 Å². The Balaban J connectivity index is 1.49. The number of rotatable bonds is 3. The van der Waals surface area contributed by atoms with Gasteiger partial charge in [-0.1, -0.05) is 30.3 Å². The van der Waals surface area contributed by atoms with Gasteiger partial charge < -0.3 is 0 Å². The first-order valence-corrected chi connectivity index (χ1v) is 7.99. The molecule has 1 aromatic carbocycles. The summed E-state index contributed by atoms with van der Waals surface area (Å²) in [7, 11) is 0. The number of pyridine rings is 1. The Bertz CT molecular complexity index is 874. The highest BCUT2D eigenvalue weighted by molar-refractivity contribution is 5.54. The summed E-state index contributed by atoms with van der Waals surface area (Å²) in [6.45, 7) is 10.7. The summed E-state index contributed by atoms with van der Waals surface area (Å²) in [5.74, 6) is 0. The lowest BCUT2D eigenvalue weighted by molar-refractivity contribution is 0.205. The topological polar surface area (TPSA) is 38.3 Å². The van der Waals surface area contributed by atoms with Crippen LogP contribution >= 0.6 is 0 Å². The Morgan fingerprint density at radius 2 is 1.92 bits per heavy atom. The van der Waals surface area contributed by atoms with Crippen LogP contribution in [0.3, 0.4) is 0 Å². The van der Waals surface area contributed by atoms with Crippen LogP contribution in [0.25, 0.3) is 16.2 Å². The van der Waals surface area contributed by atoms with E-state index in [1.54, 1.807) is 6.20 Å². The average Bonchev–Trinajstić information content (AvgIpc) is 3.06. The molecular weight excluding hydrogens is 298 g/mol. The number of nitrogens with zero attached hydrogens (tertiary/aromatic N) is 5. The molecule has 0 N–H and O–H groups in total. The predicted octanol–water partition coefficient (Wildman–Crippen LogP) is 3.51. The standard InChI is InChI=1S/C19H17N5/c1-20-16-7-5-15(6-8-16)13-23-10-11-24-17(14-23)12-19(22-24)18-4-2-3-9-21-18/h2-9,12H,10-11,13-14H2. The summed E-state index contributed by atoms with van der Waals surface area (Å²) < 4.78 is 2.09. The minimum Gasteiger partial charge on any atom is -0.291 e. The van der Waals surface area contributed by atoms with Crippen LogP contribution in [0.1, 0.15) is 11.3 Å². The first kappa shape index (κ1) is 14.6. The van der Waals surface area contributed by atoms with Crippen molar-refractivity contribution in [3.63, 3.8) is 0 Å². The second-order valence-corrected chi connectivity index (χ2v) is 5.95. The number of aromatic nitrogens is 3. The van der Waals surface area contributed by atoms with Crippen molar-refractivity contribution in [3.05, 3.63) is 77.4 Å². The van der Waals surface area contributed by atoms with E-state index in [-0.39, 0.29) is 0 Å². The fourth-order valence-electron chi connectivity index (χ4n) is 3.03. The van der Waals surface area contributed by atoms with Gasteiger partial charge in [0.1, 0.15) is 5.69 Å². The Morgan fingerprint density at radius 3 is 2.67 bits per heavy atom. The molecule has 3 aromatic rings. The Hall–Kier alpha value is -2.97. The Labute approximate surface area is 141 Å². The average molecular weight is 315 g/mol. The molecule has 0 fully saturated rings. The maximum atomic E-state index is 7.02. The van der Waals surface area contributed by atoms with Crippen LogP contribution in [0.4, 0.5) is 5.69 Å². The summed E-state index contributed by atoms with van der Waals surface area (Å²) in [4.78, 5) is 10.2. The van der Waals surface area contributed by atoms with Crippen molar-refractivity contribution in [1.29, 1.82) is 0 Å². The van der Waals surface area contributed by atoms with Gasteiger partial charge in [-0.3, -0.25) is 14.6 Å². The third-order valence-electron chi connectivity index (χ3n) is 4.28. The van der Waals surface area contributed by atoms with E-state index >= 15 is 0 Å². The third-order valence-corrected chi connectivity index (χ3v) is 4.28. The van der Waals surface area contributed by atoms with Crippen LogP contribution in [0.2, 0.25) is 0 Å². The van der Waals surface area contributed by atoms with Gasteiger partial charge in [0.05, 0.1) is 24.5 Å². The van der Waals surface area contributed by atoms with Gasteiger partial charge in [-0.2, -0.15) is 5.10 Å². The van der Waals surface area contributed by atoms with Crippen LogP contribution in [0.15, 0.2) is 54.7 Å². The smallest absolute Gasteiger partial charge is 0.187 e. The van der Waals surface area contributed by atoms with Crippen LogP contribution in [-0.2, 0) is 19.6 Å². The van der Waals surface area contributed by atoms with Gasteiger partial charge in [0.15, 0.2) is 5.69 Å². The second kappa shape index (κ2) is 6.26. The van der Waals surface area contributed by atoms with E-state index in [1.165, 1.54) is 11.3 Å². The molecule has 0 aliphatic carbocycles. The van der Waals surface area contributed by atoms with Gasteiger partial charge >= 0.3 is 0 Å². The quantitative estimate of drug-likeness (QED) is 0.694. The van der Waals surface area contributed by atoms with E-state index in [4.69, 9.17) is 6.57 Å². The zero-order chi connectivity index (χ0) is 16.4. The van der Waals surface area contributed by atoms with Crippen molar-refractivity contribution in [2.75, 3.05) is 6.54 Å². The van der Waals surface area contributed by atoms with E-state index in [0.29, 0.717) is 5.69 Å². The molecule has 3 heterocycles. The fourth-order valence-corrected chi connectivity index (χ4v) is 3.03. The lowest BCUT2D eigenvalue weighted by atomic mass is 10.1. The first-order valence-electron chi connectivity index (χ1n) is 7.99. The minimum atomic E-state index is 0.690. The Morgan fingerprint density at radius 1 is 1.04 bits per heavy atom. The minimum absolute atomic E-state index is 0.690. The maximum absolute atomic E-state index is 7.02. The zero-order valence-electron chi connectivity index (χ0n) is 13.3. The van der Waals surface area contributed by atoms with Crippen molar-refractivity contribution in [3.8, 4) is 11.4 Å². The molecule has 0 spiro atoms. The molecule has 0 unspecified atom stereocenters. The lowest BCUT2D eigenvalue weighted by Gasteiger charge is -2.27. The summed E-state index contributed by atoms with van der Waals surface area (Å²) in [5.41, 5.74) is 5.00. The summed E-state index contributed by atoms with van der Waals surface area (Å²) in [6, 6.07) is 15.9. The molecule has 24 heavy (non-hydrogen) atoms. The number of fused-ring (bicyclic) bond motifs is 1. The monoisotopic (exact) mass is 315 g/mol. The van der Waals surface area contributed by atoms with E-state index < -0.39 is 0 Å².